The number of benzene rings is 1. The van der Waals surface area contributed by atoms with Crippen molar-refractivity contribution >= 4 is 5.91 Å². The van der Waals surface area contributed by atoms with E-state index in [1.807, 2.05) is 19.1 Å². The average molecular weight is 291 g/mol. The molecule has 0 bridgehead atoms. The summed E-state index contributed by atoms with van der Waals surface area (Å²) >= 11 is 0. The minimum Gasteiger partial charge on any atom is -0.496 e. The molecule has 1 aromatic carbocycles. The van der Waals surface area contributed by atoms with E-state index >= 15 is 0 Å². The fraction of sp³-hybridized carbons (Fsp3) is 0.588. The molecule has 0 saturated heterocycles. The van der Waals surface area contributed by atoms with Crippen LogP contribution in [0.15, 0.2) is 18.2 Å². The van der Waals surface area contributed by atoms with E-state index in [1.165, 1.54) is 25.7 Å². The van der Waals surface area contributed by atoms with E-state index in [1.54, 1.807) is 13.2 Å². The number of amides is 1. The van der Waals surface area contributed by atoms with E-state index in [-0.39, 0.29) is 5.91 Å². The van der Waals surface area contributed by atoms with Gasteiger partial charge in [0, 0.05) is 18.7 Å². The third-order valence-electron chi connectivity index (χ3n) is 3.92. The molecule has 1 fully saturated rings. The Morgan fingerprint density at radius 1 is 1.33 bits per heavy atom. The number of hydrogen-bond donors (Lipinski definition) is 1. The van der Waals surface area contributed by atoms with Crippen molar-refractivity contribution in [2.75, 3.05) is 20.3 Å². The Morgan fingerprint density at radius 2 is 2.10 bits per heavy atom. The number of carbonyl (C=O) groups excluding carboxylic acids is 1. The van der Waals surface area contributed by atoms with Crippen molar-refractivity contribution < 1.29 is 14.3 Å². The molecule has 0 spiro atoms. The van der Waals surface area contributed by atoms with Crippen LogP contribution < -0.4 is 10.1 Å². The van der Waals surface area contributed by atoms with Gasteiger partial charge in [0.2, 0.25) is 0 Å². The van der Waals surface area contributed by atoms with Gasteiger partial charge < -0.3 is 14.8 Å². The fourth-order valence-corrected chi connectivity index (χ4v) is 2.70. The average Bonchev–Trinajstić information content (AvgIpc) is 3.00. The summed E-state index contributed by atoms with van der Waals surface area (Å²) in [7, 11) is 1.63. The first kappa shape index (κ1) is 15.8. The van der Waals surface area contributed by atoms with Crippen LogP contribution in [0.3, 0.4) is 0 Å². The highest BCUT2D eigenvalue weighted by Gasteiger charge is 2.14. The Bertz CT molecular complexity index is 467. The van der Waals surface area contributed by atoms with Crippen molar-refractivity contribution in [3.8, 4) is 5.75 Å². The van der Waals surface area contributed by atoms with E-state index in [4.69, 9.17) is 9.47 Å². The second kappa shape index (κ2) is 8.03. The van der Waals surface area contributed by atoms with Crippen LogP contribution in [0.25, 0.3) is 0 Å². The van der Waals surface area contributed by atoms with Crippen LogP contribution >= 0.6 is 0 Å². The number of rotatable bonds is 7. The van der Waals surface area contributed by atoms with E-state index in [9.17, 15) is 4.79 Å². The lowest BCUT2D eigenvalue weighted by atomic mass is 10.1. The summed E-state index contributed by atoms with van der Waals surface area (Å²) in [5, 5.41) is 2.93. The minimum absolute atomic E-state index is 0.0402. The van der Waals surface area contributed by atoms with E-state index in [0.29, 0.717) is 18.2 Å². The molecule has 0 atom stereocenters. The molecule has 21 heavy (non-hydrogen) atoms. The van der Waals surface area contributed by atoms with E-state index in [2.05, 4.69) is 5.32 Å². The highest BCUT2D eigenvalue weighted by molar-refractivity contribution is 5.94. The van der Waals surface area contributed by atoms with Gasteiger partial charge in [0.05, 0.1) is 13.2 Å². The van der Waals surface area contributed by atoms with Crippen LogP contribution in [0.2, 0.25) is 0 Å². The minimum atomic E-state index is -0.0402. The fourth-order valence-electron chi connectivity index (χ4n) is 2.70. The monoisotopic (exact) mass is 291 g/mol. The first-order valence-corrected chi connectivity index (χ1v) is 7.75. The zero-order valence-electron chi connectivity index (χ0n) is 13.0. The van der Waals surface area contributed by atoms with Crippen molar-refractivity contribution in [3.63, 3.8) is 0 Å². The molecule has 116 valence electrons. The SMILES string of the molecule is COc1ccc(C(=O)NCCCOC2CCCC2)cc1C. The number of carbonyl (C=O) groups is 1. The molecule has 1 aliphatic carbocycles. The lowest BCUT2D eigenvalue weighted by Crippen LogP contribution is -2.25. The summed E-state index contributed by atoms with van der Waals surface area (Å²) in [6.45, 7) is 3.31. The van der Waals surface area contributed by atoms with Gasteiger partial charge in [-0.05, 0) is 49.9 Å². The molecule has 0 aliphatic heterocycles. The number of ether oxygens (including phenoxy) is 2. The maximum atomic E-state index is 12.0. The summed E-state index contributed by atoms with van der Waals surface area (Å²) < 4.78 is 11.0. The predicted octanol–water partition coefficient (Wildman–Crippen LogP) is 3.08. The third kappa shape index (κ3) is 4.74. The highest BCUT2D eigenvalue weighted by Crippen LogP contribution is 2.21. The molecular formula is C17H25NO3. The number of methoxy groups -OCH3 is 1. The second-order valence-electron chi connectivity index (χ2n) is 5.57. The first-order chi connectivity index (χ1) is 10.2. The van der Waals surface area contributed by atoms with Gasteiger partial charge in [-0.15, -0.1) is 0 Å². The summed E-state index contributed by atoms with van der Waals surface area (Å²) in [6.07, 6.45) is 6.27. The van der Waals surface area contributed by atoms with Crippen LogP contribution in [-0.4, -0.2) is 32.3 Å². The predicted molar refractivity (Wildman–Crippen MR) is 82.9 cm³/mol. The topological polar surface area (TPSA) is 47.6 Å². The number of nitrogens with one attached hydrogen (secondary N) is 1. The molecule has 1 aromatic rings. The molecule has 1 amide bonds. The second-order valence-corrected chi connectivity index (χ2v) is 5.57. The molecule has 4 heteroatoms. The van der Waals surface area contributed by atoms with Crippen LogP contribution in [0.4, 0.5) is 0 Å². The van der Waals surface area contributed by atoms with Gasteiger partial charge in [0.1, 0.15) is 5.75 Å². The maximum absolute atomic E-state index is 12.0. The first-order valence-electron chi connectivity index (χ1n) is 7.75. The molecule has 0 aromatic heterocycles. The Labute approximate surface area is 126 Å². The summed E-state index contributed by atoms with van der Waals surface area (Å²) in [5.41, 5.74) is 1.64. The summed E-state index contributed by atoms with van der Waals surface area (Å²) in [5.74, 6) is 0.762. The normalized spacial score (nSPS) is 15.1. The number of hydrogen-bond acceptors (Lipinski definition) is 3. The van der Waals surface area contributed by atoms with Crippen molar-refractivity contribution in [2.24, 2.45) is 0 Å². The van der Waals surface area contributed by atoms with E-state index < -0.39 is 0 Å². The Morgan fingerprint density at radius 3 is 2.76 bits per heavy atom. The Hall–Kier alpha value is -1.55. The van der Waals surface area contributed by atoms with Gasteiger partial charge >= 0.3 is 0 Å². The smallest absolute Gasteiger partial charge is 0.251 e. The van der Waals surface area contributed by atoms with Gasteiger partial charge in [0.15, 0.2) is 0 Å². The largest absolute Gasteiger partial charge is 0.496 e. The Balaban J connectivity index is 1.68. The van der Waals surface area contributed by atoms with Crippen LogP contribution in [0, 0.1) is 6.92 Å². The molecular weight excluding hydrogens is 266 g/mol. The van der Waals surface area contributed by atoms with Crippen molar-refractivity contribution in [1.82, 2.24) is 5.32 Å². The Kier molecular flexibility index (Phi) is 6.05. The molecule has 1 saturated carbocycles. The zero-order chi connectivity index (χ0) is 15.1. The van der Waals surface area contributed by atoms with Gasteiger partial charge in [-0.2, -0.15) is 0 Å². The molecule has 0 radical (unpaired) electrons. The van der Waals surface area contributed by atoms with Crippen LogP contribution in [0.5, 0.6) is 5.75 Å². The molecule has 2 rings (SSSR count). The third-order valence-corrected chi connectivity index (χ3v) is 3.92. The van der Waals surface area contributed by atoms with Crippen LogP contribution in [0.1, 0.15) is 48.0 Å². The van der Waals surface area contributed by atoms with Crippen molar-refractivity contribution in [3.05, 3.63) is 29.3 Å². The van der Waals surface area contributed by atoms with Gasteiger partial charge in [-0.25, -0.2) is 0 Å². The highest BCUT2D eigenvalue weighted by atomic mass is 16.5. The van der Waals surface area contributed by atoms with Crippen molar-refractivity contribution in [1.29, 1.82) is 0 Å². The van der Waals surface area contributed by atoms with Gasteiger partial charge in [0.25, 0.3) is 5.91 Å². The van der Waals surface area contributed by atoms with Crippen LogP contribution in [-0.2, 0) is 4.74 Å². The van der Waals surface area contributed by atoms with Crippen molar-refractivity contribution in [2.45, 2.75) is 45.1 Å². The zero-order valence-corrected chi connectivity index (χ0v) is 13.0. The summed E-state index contributed by atoms with van der Waals surface area (Å²) in [4.78, 5) is 12.0. The lowest BCUT2D eigenvalue weighted by Gasteiger charge is -2.11. The van der Waals surface area contributed by atoms with Gasteiger partial charge in [-0.1, -0.05) is 12.8 Å². The molecule has 0 heterocycles. The molecule has 1 N–H and O–H groups in total. The summed E-state index contributed by atoms with van der Waals surface area (Å²) in [6, 6.07) is 5.47. The molecule has 4 nitrogen and oxygen atoms in total. The lowest BCUT2D eigenvalue weighted by molar-refractivity contribution is 0.0565. The van der Waals surface area contributed by atoms with E-state index in [0.717, 1.165) is 24.3 Å². The molecule has 1 aliphatic rings. The quantitative estimate of drug-likeness (QED) is 0.785. The number of aryl methyl sites for hydroxylation is 1. The standard InChI is InChI=1S/C17H25NO3/c1-13-12-14(8-9-16(13)20-2)17(19)18-10-5-11-21-15-6-3-4-7-15/h8-9,12,15H,3-7,10-11H2,1-2H3,(H,18,19). The van der Waals surface area contributed by atoms with Gasteiger partial charge in [-0.3, -0.25) is 4.79 Å². The molecule has 0 unspecified atom stereocenters. The maximum Gasteiger partial charge on any atom is 0.251 e.